The first kappa shape index (κ1) is 25.4. The molecule has 0 saturated carbocycles. The summed E-state index contributed by atoms with van der Waals surface area (Å²) in [6, 6.07) is 17.3. The Bertz CT molecular complexity index is 1200. The van der Waals surface area contributed by atoms with Crippen LogP contribution < -0.4 is 20.2 Å². The number of methoxy groups -OCH3 is 1. The van der Waals surface area contributed by atoms with Gasteiger partial charge in [0.15, 0.2) is 11.5 Å². The summed E-state index contributed by atoms with van der Waals surface area (Å²) in [5.41, 5.74) is 4.33. The lowest BCUT2D eigenvalue weighted by molar-refractivity contribution is -0.139. The van der Waals surface area contributed by atoms with E-state index in [1.165, 1.54) is 13.3 Å². The number of rotatable bonds is 8. The minimum Gasteiger partial charge on any atom is -0.493 e. The molecule has 0 atom stereocenters. The van der Waals surface area contributed by atoms with Crippen molar-refractivity contribution in [3.05, 3.63) is 92.4 Å². The van der Waals surface area contributed by atoms with Crippen LogP contribution in [0.5, 0.6) is 11.5 Å². The lowest BCUT2D eigenvalue weighted by atomic mass is 10.2. The molecule has 0 radical (unpaired) electrons. The first-order valence-corrected chi connectivity index (χ1v) is 11.1. The Morgan fingerprint density at radius 3 is 2.38 bits per heavy atom. The fraction of sp³-hybridized carbons (Fsp3) is 0.125. The second-order valence-electron chi connectivity index (χ2n) is 6.92. The number of hydrogen-bond acceptors (Lipinski definition) is 5. The van der Waals surface area contributed by atoms with Crippen LogP contribution in [0.2, 0.25) is 15.1 Å². The van der Waals surface area contributed by atoms with Crippen LogP contribution in [0, 0.1) is 0 Å². The lowest BCUT2D eigenvalue weighted by Crippen LogP contribution is -2.37. The molecule has 176 valence electrons. The molecular weight excluding hydrogens is 501 g/mol. The van der Waals surface area contributed by atoms with E-state index >= 15 is 0 Å². The Morgan fingerprint density at radius 2 is 1.68 bits per heavy atom. The highest BCUT2D eigenvalue weighted by molar-refractivity contribution is 6.42. The molecule has 0 heterocycles. The van der Waals surface area contributed by atoms with Crippen molar-refractivity contribution in [3.63, 3.8) is 0 Å². The highest BCUT2D eigenvalue weighted by atomic mass is 35.5. The van der Waals surface area contributed by atoms with Crippen LogP contribution in [0.1, 0.15) is 16.7 Å². The molecule has 0 saturated heterocycles. The van der Waals surface area contributed by atoms with E-state index in [2.05, 4.69) is 15.8 Å². The van der Waals surface area contributed by atoms with Crippen molar-refractivity contribution in [1.29, 1.82) is 0 Å². The Labute approximate surface area is 211 Å². The van der Waals surface area contributed by atoms with Gasteiger partial charge in [-0.3, -0.25) is 9.59 Å². The van der Waals surface area contributed by atoms with E-state index in [4.69, 9.17) is 44.3 Å². The molecule has 0 aliphatic rings. The fourth-order valence-electron chi connectivity index (χ4n) is 2.81. The molecule has 10 heteroatoms. The molecule has 3 aromatic carbocycles. The van der Waals surface area contributed by atoms with E-state index in [9.17, 15) is 9.59 Å². The van der Waals surface area contributed by atoms with Crippen molar-refractivity contribution in [2.24, 2.45) is 5.10 Å². The summed E-state index contributed by atoms with van der Waals surface area (Å²) >= 11 is 17.8. The van der Waals surface area contributed by atoms with Crippen LogP contribution in [0.25, 0.3) is 0 Å². The minimum atomic E-state index is -0.911. The van der Waals surface area contributed by atoms with Crippen LogP contribution in [0.4, 0.5) is 0 Å². The summed E-state index contributed by atoms with van der Waals surface area (Å²) < 4.78 is 11.3. The van der Waals surface area contributed by atoms with Gasteiger partial charge in [0.1, 0.15) is 6.61 Å². The summed E-state index contributed by atoms with van der Waals surface area (Å²) in [7, 11) is 1.51. The monoisotopic (exact) mass is 519 g/mol. The smallest absolute Gasteiger partial charge is 0.329 e. The molecule has 0 fully saturated rings. The number of nitrogens with zero attached hydrogens (tertiary/aromatic N) is 1. The predicted molar refractivity (Wildman–Crippen MR) is 133 cm³/mol. The number of ether oxygens (including phenoxy) is 2. The van der Waals surface area contributed by atoms with Gasteiger partial charge in [0.25, 0.3) is 0 Å². The molecule has 3 aromatic rings. The zero-order valence-corrected chi connectivity index (χ0v) is 20.2. The molecule has 0 unspecified atom stereocenters. The third-order valence-electron chi connectivity index (χ3n) is 4.54. The highest BCUT2D eigenvalue weighted by Gasteiger charge is 2.13. The van der Waals surface area contributed by atoms with Crippen LogP contribution in [-0.4, -0.2) is 25.1 Å². The molecule has 3 rings (SSSR count). The van der Waals surface area contributed by atoms with Gasteiger partial charge in [-0.25, -0.2) is 5.43 Å². The van der Waals surface area contributed by atoms with Gasteiger partial charge in [0.05, 0.1) is 23.4 Å². The number of hydrazone groups is 1. The van der Waals surface area contributed by atoms with E-state index in [0.29, 0.717) is 32.1 Å². The maximum atomic E-state index is 12.0. The van der Waals surface area contributed by atoms with Crippen LogP contribution in [0.15, 0.2) is 65.8 Å². The number of para-hydroxylation sites is 1. The zero-order valence-electron chi connectivity index (χ0n) is 18.0. The van der Waals surface area contributed by atoms with Crippen LogP contribution in [-0.2, 0) is 22.7 Å². The second kappa shape index (κ2) is 12.3. The fourth-order valence-corrected chi connectivity index (χ4v) is 3.26. The first-order chi connectivity index (χ1) is 16.4. The number of halogens is 3. The molecule has 0 bridgehead atoms. The molecule has 0 aromatic heterocycles. The maximum absolute atomic E-state index is 12.0. The van der Waals surface area contributed by atoms with Crippen molar-refractivity contribution in [3.8, 4) is 11.5 Å². The standard InChI is InChI=1S/C24H20Cl3N3O4/c1-33-21-4-2-3-17(22(21)34-14-16-7-10-19(26)20(27)11-16)13-29-30-24(32)23(31)28-12-15-5-8-18(25)9-6-15/h2-11,13H,12,14H2,1H3,(H,28,31)(H,30,32)/b29-13-. The van der Waals surface area contributed by atoms with Gasteiger partial charge in [0, 0.05) is 17.1 Å². The number of carbonyl (C=O) groups is 2. The van der Waals surface area contributed by atoms with Gasteiger partial charge in [-0.2, -0.15) is 5.10 Å². The van der Waals surface area contributed by atoms with E-state index in [1.54, 1.807) is 60.7 Å². The van der Waals surface area contributed by atoms with Crippen molar-refractivity contribution in [2.75, 3.05) is 7.11 Å². The van der Waals surface area contributed by atoms with Crippen LogP contribution >= 0.6 is 34.8 Å². The molecule has 2 amide bonds. The van der Waals surface area contributed by atoms with Crippen molar-refractivity contribution >= 4 is 52.8 Å². The number of carbonyl (C=O) groups excluding carboxylic acids is 2. The summed E-state index contributed by atoms with van der Waals surface area (Å²) in [5, 5.41) is 7.83. The largest absolute Gasteiger partial charge is 0.493 e. The average molecular weight is 521 g/mol. The summed E-state index contributed by atoms with van der Waals surface area (Å²) in [6.45, 7) is 0.368. The Balaban J connectivity index is 1.61. The van der Waals surface area contributed by atoms with E-state index in [0.717, 1.165) is 11.1 Å². The number of benzene rings is 3. The Hall–Kier alpha value is -3.26. The molecule has 2 N–H and O–H groups in total. The number of nitrogens with one attached hydrogen (secondary N) is 2. The highest BCUT2D eigenvalue weighted by Crippen LogP contribution is 2.31. The molecule has 34 heavy (non-hydrogen) atoms. The van der Waals surface area contributed by atoms with Gasteiger partial charge >= 0.3 is 11.8 Å². The van der Waals surface area contributed by atoms with Crippen molar-refractivity contribution < 1.29 is 19.1 Å². The lowest BCUT2D eigenvalue weighted by Gasteiger charge is -2.13. The van der Waals surface area contributed by atoms with Gasteiger partial charge in [-0.15, -0.1) is 0 Å². The van der Waals surface area contributed by atoms with Gasteiger partial charge < -0.3 is 14.8 Å². The van der Waals surface area contributed by atoms with Crippen molar-refractivity contribution in [1.82, 2.24) is 10.7 Å². The average Bonchev–Trinajstić information content (AvgIpc) is 2.84. The second-order valence-corrected chi connectivity index (χ2v) is 8.17. The number of hydrogen-bond donors (Lipinski definition) is 2. The minimum absolute atomic E-state index is 0.176. The normalized spacial score (nSPS) is 10.7. The van der Waals surface area contributed by atoms with E-state index in [-0.39, 0.29) is 13.2 Å². The van der Waals surface area contributed by atoms with Gasteiger partial charge in [0.2, 0.25) is 0 Å². The summed E-state index contributed by atoms with van der Waals surface area (Å²) in [5.74, 6) is -0.863. The third kappa shape index (κ3) is 7.12. The zero-order chi connectivity index (χ0) is 24.5. The van der Waals surface area contributed by atoms with E-state index in [1.807, 2.05) is 0 Å². The molecule has 0 aliphatic carbocycles. The summed E-state index contributed by atoms with van der Waals surface area (Å²) in [6.07, 6.45) is 1.36. The quantitative estimate of drug-likeness (QED) is 0.248. The molecule has 7 nitrogen and oxygen atoms in total. The Morgan fingerprint density at radius 1 is 0.941 bits per heavy atom. The molecule has 0 spiro atoms. The summed E-state index contributed by atoms with van der Waals surface area (Å²) in [4.78, 5) is 24.1. The molecule has 0 aliphatic heterocycles. The van der Waals surface area contributed by atoms with Gasteiger partial charge in [-0.05, 0) is 47.5 Å². The molecular formula is C24H20Cl3N3O4. The topological polar surface area (TPSA) is 89.0 Å². The van der Waals surface area contributed by atoms with Crippen molar-refractivity contribution in [2.45, 2.75) is 13.2 Å². The SMILES string of the molecule is COc1cccc(/C=N\NC(=O)C(=O)NCc2ccc(Cl)cc2)c1OCc1ccc(Cl)c(Cl)c1. The number of amides is 2. The van der Waals surface area contributed by atoms with E-state index < -0.39 is 11.8 Å². The van der Waals surface area contributed by atoms with Crippen LogP contribution in [0.3, 0.4) is 0 Å². The van der Waals surface area contributed by atoms with Gasteiger partial charge in [-0.1, -0.05) is 59.1 Å². The third-order valence-corrected chi connectivity index (χ3v) is 5.53. The maximum Gasteiger partial charge on any atom is 0.329 e. The Kier molecular flexibility index (Phi) is 9.16. The first-order valence-electron chi connectivity index (χ1n) is 9.96. The predicted octanol–water partition coefficient (Wildman–Crippen LogP) is 5.00.